The smallest absolute Gasteiger partial charge is 0.306 e. The number of esters is 2. The van der Waals surface area contributed by atoms with Crippen LogP contribution in [0.1, 0.15) is 142 Å². The van der Waals surface area contributed by atoms with Gasteiger partial charge in [-0.15, -0.1) is 0 Å². The summed E-state index contributed by atoms with van der Waals surface area (Å²) in [6.07, 6.45) is 2.83. The lowest BCUT2D eigenvalue weighted by atomic mass is 9.78. The van der Waals surface area contributed by atoms with Crippen LogP contribution >= 0.6 is 0 Å². The summed E-state index contributed by atoms with van der Waals surface area (Å²) in [5, 5.41) is 21.8. The molecule has 246 valence electrons. The Balaban J connectivity index is 1.80. The van der Waals surface area contributed by atoms with Gasteiger partial charge in [0.15, 0.2) is 0 Å². The van der Waals surface area contributed by atoms with Crippen LogP contribution in [-0.2, 0) is 53.6 Å². The average Bonchev–Trinajstić information content (AvgIpc) is 2.86. The first-order chi connectivity index (χ1) is 20.0. The molecule has 0 atom stereocenters. The van der Waals surface area contributed by atoms with Gasteiger partial charge in [-0.1, -0.05) is 107 Å². The Morgan fingerprint density at radius 1 is 0.523 bits per heavy atom. The second kappa shape index (κ2) is 14.4. The Morgan fingerprint density at radius 2 is 0.773 bits per heavy atom. The van der Waals surface area contributed by atoms with Crippen molar-refractivity contribution in [1.29, 1.82) is 0 Å². The molecule has 0 bridgehead atoms. The zero-order valence-corrected chi connectivity index (χ0v) is 29.5. The number of unbranched alkanes of at least 4 members (excludes halogenated alkanes) is 1. The maximum absolute atomic E-state index is 12.4. The third kappa shape index (κ3) is 10.9. The zero-order chi connectivity index (χ0) is 33.7. The summed E-state index contributed by atoms with van der Waals surface area (Å²) in [6.45, 7) is 25.5. The molecule has 0 saturated carbocycles. The molecule has 0 saturated heterocycles. The van der Waals surface area contributed by atoms with E-state index in [2.05, 4.69) is 83.1 Å². The van der Waals surface area contributed by atoms with Crippen molar-refractivity contribution in [3.05, 3.63) is 57.6 Å². The molecule has 0 unspecified atom stereocenters. The van der Waals surface area contributed by atoms with Gasteiger partial charge in [0, 0.05) is 12.8 Å². The molecule has 2 aromatic rings. The van der Waals surface area contributed by atoms with E-state index in [1.807, 2.05) is 24.3 Å². The molecule has 6 heteroatoms. The predicted octanol–water partition coefficient (Wildman–Crippen LogP) is 8.72. The van der Waals surface area contributed by atoms with E-state index in [4.69, 9.17) is 9.47 Å². The van der Waals surface area contributed by atoms with Gasteiger partial charge >= 0.3 is 11.9 Å². The van der Waals surface area contributed by atoms with Crippen molar-refractivity contribution in [3.8, 4) is 11.5 Å². The third-order valence-electron chi connectivity index (χ3n) is 7.87. The Bertz CT molecular complexity index is 1120. The summed E-state index contributed by atoms with van der Waals surface area (Å²) in [7, 11) is 0. The summed E-state index contributed by atoms with van der Waals surface area (Å²) in [5.74, 6) is 0.147. The first-order valence-electron chi connectivity index (χ1n) is 16.1. The second-order valence-electron chi connectivity index (χ2n) is 16.2. The van der Waals surface area contributed by atoms with Gasteiger partial charge in [0.1, 0.15) is 11.5 Å². The molecule has 0 radical (unpaired) electrons. The third-order valence-corrected chi connectivity index (χ3v) is 7.87. The molecule has 0 aromatic heterocycles. The molecule has 6 nitrogen and oxygen atoms in total. The predicted molar refractivity (Wildman–Crippen MR) is 179 cm³/mol. The lowest BCUT2D eigenvalue weighted by molar-refractivity contribution is -0.146. The number of benzene rings is 2. The molecule has 0 aliphatic rings. The highest BCUT2D eigenvalue weighted by Crippen LogP contribution is 2.41. The van der Waals surface area contributed by atoms with Gasteiger partial charge in [-0.3, -0.25) is 9.59 Å². The van der Waals surface area contributed by atoms with Crippen molar-refractivity contribution < 1.29 is 29.3 Å². The molecule has 2 rings (SSSR count). The SMILES string of the molecule is CC(C)(C)c1cc(CCC(=O)OCCCCOC(=O)CCc2cc(C(C)(C)C)c(O)c(C(C)(C)C)c2)cc(C(C)(C)C)c1O. The van der Waals surface area contributed by atoms with Crippen LogP contribution in [0.4, 0.5) is 0 Å². The van der Waals surface area contributed by atoms with E-state index < -0.39 is 0 Å². The van der Waals surface area contributed by atoms with Crippen LogP contribution in [0.5, 0.6) is 11.5 Å². The number of carbonyl (C=O) groups is 2. The van der Waals surface area contributed by atoms with Gasteiger partial charge < -0.3 is 19.7 Å². The largest absolute Gasteiger partial charge is 0.507 e. The van der Waals surface area contributed by atoms with E-state index in [1.54, 1.807) is 0 Å². The van der Waals surface area contributed by atoms with Crippen LogP contribution in [-0.4, -0.2) is 35.4 Å². The average molecular weight is 611 g/mol. The molecule has 0 spiro atoms. The number of aromatic hydroxyl groups is 2. The molecule has 2 aromatic carbocycles. The number of ether oxygens (including phenoxy) is 2. The second-order valence-corrected chi connectivity index (χ2v) is 16.2. The van der Waals surface area contributed by atoms with E-state index in [0.717, 1.165) is 33.4 Å². The highest BCUT2D eigenvalue weighted by atomic mass is 16.5. The summed E-state index contributed by atoms with van der Waals surface area (Å²) in [4.78, 5) is 24.9. The quantitative estimate of drug-likeness (QED) is 0.195. The Hall–Kier alpha value is -3.02. The normalized spacial score (nSPS) is 12.7. The zero-order valence-electron chi connectivity index (χ0n) is 29.5. The van der Waals surface area contributed by atoms with E-state index in [-0.39, 0.29) is 59.7 Å². The van der Waals surface area contributed by atoms with Gasteiger partial charge in [-0.05, 0) is 80.7 Å². The van der Waals surface area contributed by atoms with E-state index in [0.29, 0.717) is 37.2 Å². The van der Waals surface area contributed by atoms with Crippen LogP contribution < -0.4 is 0 Å². The minimum atomic E-state index is -0.261. The van der Waals surface area contributed by atoms with Crippen molar-refractivity contribution in [3.63, 3.8) is 0 Å². The Morgan fingerprint density at radius 3 is 1.00 bits per heavy atom. The van der Waals surface area contributed by atoms with Crippen molar-refractivity contribution in [2.45, 2.75) is 143 Å². The maximum atomic E-state index is 12.4. The monoisotopic (exact) mass is 610 g/mol. The molecule has 0 heterocycles. The fourth-order valence-electron chi connectivity index (χ4n) is 5.18. The maximum Gasteiger partial charge on any atom is 0.306 e. The van der Waals surface area contributed by atoms with E-state index in [1.165, 1.54) is 0 Å². The molecule has 0 amide bonds. The number of hydrogen-bond donors (Lipinski definition) is 2. The van der Waals surface area contributed by atoms with Gasteiger partial charge in [-0.25, -0.2) is 0 Å². The highest BCUT2D eigenvalue weighted by Gasteiger charge is 2.28. The van der Waals surface area contributed by atoms with Gasteiger partial charge in [-0.2, -0.15) is 0 Å². The van der Waals surface area contributed by atoms with Crippen LogP contribution in [0.2, 0.25) is 0 Å². The number of rotatable bonds is 11. The standard InChI is InChI=1S/C38H58O6/c1-35(2,3)27-21-25(22-28(33(27)41)36(4,5)6)15-17-31(39)43-19-13-14-20-44-32(40)18-16-26-23-29(37(7,8)9)34(42)30(24-26)38(10,11)12/h21-24,41-42H,13-20H2,1-12H3. The van der Waals surface area contributed by atoms with Crippen molar-refractivity contribution in [2.75, 3.05) is 13.2 Å². The summed E-state index contributed by atoms with van der Waals surface area (Å²) in [5.41, 5.74) is 4.68. The minimum absolute atomic E-state index is 0.221. The van der Waals surface area contributed by atoms with E-state index >= 15 is 0 Å². The number of hydrogen-bond acceptors (Lipinski definition) is 6. The summed E-state index contributed by atoms with van der Waals surface area (Å²) >= 11 is 0. The van der Waals surface area contributed by atoms with Crippen molar-refractivity contribution >= 4 is 11.9 Å². The lowest BCUT2D eigenvalue weighted by Crippen LogP contribution is -2.18. The van der Waals surface area contributed by atoms with Gasteiger partial charge in [0.05, 0.1) is 13.2 Å². The molecular weight excluding hydrogens is 552 g/mol. The summed E-state index contributed by atoms with van der Waals surface area (Å²) < 4.78 is 10.9. The van der Waals surface area contributed by atoms with Gasteiger partial charge in [0.2, 0.25) is 0 Å². The van der Waals surface area contributed by atoms with Gasteiger partial charge in [0.25, 0.3) is 0 Å². The number of carbonyl (C=O) groups excluding carboxylic acids is 2. The number of aryl methyl sites for hydroxylation is 2. The number of phenols is 2. The molecule has 0 aliphatic heterocycles. The lowest BCUT2D eigenvalue weighted by Gasteiger charge is -2.28. The first-order valence-corrected chi connectivity index (χ1v) is 16.1. The fraction of sp³-hybridized carbons (Fsp3) is 0.632. The summed E-state index contributed by atoms with van der Waals surface area (Å²) in [6, 6.07) is 8.00. The topological polar surface area (TPSA) is 93.1 Å². The minimum Gasteiger partial charge on any atom is -0.507 e. The van der Waals surface area contributed by atoms with Crippen molar-refractivity contribution in [1.82, 2.24) is 0 Å². The number of phenolic OH excluding ortho intramolecular Hbond substituents is 2. The Kier molecular flexibility index (Phi) is 12.2. The molecule has 0 fully saturated rings. The van der Waals surface area contributed by atoms with E-state index in [9.17, 15) is 19.8 Å². The van der Waals surface area contributed by atoms with Crippen LogP contribution in [0.3, 0.4) is 0 Å². The molecule has 2 N–H and O–H groups in total. The fourth-order valence-corrected chi connectivity index (χ4v) is 5.18. The molecule has 0 aliphatic carbocycles. The highest BCUT2D eigenvalue weighted by molar-refractivity contribution is 5.70. The van der Waals surface area contributed by atoms with Crippen LogP contribution in [0.15, 0.2) is 24.3 Å². The van der Waals surface area contributed by atoms with Crippen LogP contribution in [0.25, 0.3) is 0 Å². The molecule has 44 heavy (non-hydrogen) atoms. The molecular formula is C38H58O6. The first kappa shape index (κ1) is 37.2. The van der Waals surface area contributed by atoms with Crippen molar-refractivity contribution in [2.24, 2.45) is 0 Å². The van der Waals surface area contributed by atoms with Crippen LogP contribution in [0, 0.1) is 0 Å². The Labute approximate surface area is 266 Å².